The van der Waals surface area contributed by atoms with Crippen LogP contribution in [0.1, 0.15) is 96.6 Å². The molecule has 0 aromatic heterocycles. The molecule has 1 saturated carbocycles. The standard InChI is InChI=1S/C26H41N3O2/c1-18(2)15-29-25(31)28(17-26(29)13-8-7-9-14-26)16-23(30)27-24-21(19(3)4)11-10-12-22(24)20(5)6/h10-12,18-20H,7-9,13-17H2,1-6H3,(H,27,30). The maximum absolute atomic E-state index is 13.3. The molecule has 1 spiro atoms. The Labute approximate surface area is 188 Å². The van der Waals surface area contributed by atoms with E-state index in [1.807, 2.05) is 0 Å². The summed E-state index contributed by atoms with van der Waals surface area (Å²) in [6.07, 6.45) is 5.69. The first-order chi connectivity index (χ1) is 14.6. The van der Waals surface area contributed by atoms with Crippen molar-refractivity contribution in [1.82, 2.24) is 9.80 Å². The molecular formula is C26H41N3O2. The quantitative estimate of drug-likeness (QED) is 0.583. The molecule has 0 unspecified atom stereocenters. The highest BCUT2D eigenvalue weighted by atomic mass is 16.2. The summed E-state index contributed by atoms with van der Waals surface area (Å²) in [5.41, 5.74) is 3.14. The Bertz CT molecular complexity index is 768. The minimum atomic E-state index is -0.0966. The van der Waals surface area contributed by atoms with Crippen LogP contribution in [0.15, 0.2) is 18.2 Å². The molecule has 1 aliphatic carbocycles. The highest BCUT2D eigenvalue weighted by Crippen LogP contribution is 2.40. The molecule has 1 saturated heterocycles. The maximum Gasteiger partial charge on any atom is 0.321 e. The van der Waals surface area contributed by atoms with Crippen molar-refractivity contribution in [2.45, 2.75) is 91.0 Å². The van der Waals surface area contributed by atoms with Crippen LogP contribution in [0.3, 0.4) is 0 Å². The van der Waals surface area contributed by atoms with Gasteiger partial charge in [-0.2, -0.15) is 0 Å². The summed E-state index contributed by atoms with van der Waals surface area (Å²) in [6, 6.07) is 6.29. The van der Waals surface area contributed by atoms with Gasteiger partial charge in [-0.1, -0.05) is 79.0 Å². The molecule has 0 radical (unpaired) electrons. The van der Waals surface area contributed by atoms with E-state index in [-0.39, 0.29) is 24.0 Å². The molecule has 172 valence electrons. The summed E-state index contributed by atoms with van der Waals surface area (Å²) in [7, 11) is 0. The number of urea groups is 1. The predicted molar refractivity (Wildman–Crippen MR) is 128 cm³/mol. The Morgan fingerprint density at radius 1 is 1.00 bits per heavy atom. The van der Waals surface area contributed by atoms with E-state index in [0.29, 0.717) is 24.3 Å². The van der Waals surface area contributed by atoms with Crippen molar-refractivity contribution in [3.8, 4) is 0 Å². The highest BCUT2D eigenvalue weighted by Gasteiger charge is 2.50. The molecule has 5 nitrogen and oxygen atoms in total. The molecule has 2 fully saturated rings. The fourth-order valence-electron chi connectivity index (χ4n) is 5.33. The van der Waals surface area contributed by atoms with E-state index in [2.05, 4.69) is 70.0 Å². The molecule has 1 aromatic carbocycles. The van der Waals surface area contributed by atoms with Gasteiger partial charge in [0.05, 0.1) is 5.54 Å². The van der Waals surface area contributed by atoms with Crippen molar-refractivity contribution in [1.29, 1.82) is 0 Å². The van der Waals surface area contributed by atoms with Crippen LogP contribution in [-0.2, 0) is 4.79 Å². The van der Waals surface area contributed by atoms with Crippen molar-refractivity contribution < 1.29 is 9.59 Å². The monoisotopic (exact) mass is 427 g/mol. The van der Waals surface area contributed by atoms with E-state index in [1.54, 1.807) is 4.90 Å². The first-order valence-corrected chi connectivity index (χ1v) is 12.1. The Hall–Kier alpha value is -2.04. The van der Waals surface area contributed by atoms with Gasteiger partial charge in [-0.3, -0.25) is 4.79 Å². The topological polar surface area (TPSA) is 52.7 Å². The number of hydrogen-bond donors (Lipinski definition) is 1. The molecule has 0 atom stereocenters. The summed E-state index contributed by atoms with van der Waals surface area (Å²) in [4.78, 5) is 30.3. The molecule has 0 bridgehead atoms. The van der Waals surface area contributed by atoms with E-state index < -0.39 is 0 Å². The number of carbonyl (C=O) groups excluding carboxylic acids is 2. The number of benzene rings is 1. The van der Waals surface area contributed by atoms with Gasteiger partial charge >= 0.3 is 6.03 Å². The lowest BCUT2D eigenvalue weighted by atomic mass is 9.81. The fourth-order valence-corrected chi connectivity index (χ4v) is 5.33. The van der Waals surface area contributed by atoms with Crippen molar-refractivity contribution in [3.63, 3.8) is 0 Å². The van der Waals surface area contributed by atoms with Crippen LogP contribution in [0.25, 0.3) is 0 Å². The van der Waals surface area contributed by atoms with E-state index >= 15 is 0 Å². The van der Waals surface area contributed by atoms with E-state index in [4.69, 9.17) is 0 Å². The number of hydrogen-bond acceptors (Lipinski definition) is 2. The van der Waals surface area contributed by atoms with Crippen molar-refractivity contribution in [2.75, 3.05) is 25.0 Å². The van der Waals surface area contributed by atoms with E-state index in [9.17, 15) is 9.59 Å². The zero-order chi connectivity index (χ0) is 22.8. The van der Waals surface area contributed by atoms with Crippen LogP contribution < -0.4 is 5.32 Å². The average Bonchev–Trinajstić information content (AvgIpc) is 2.93. The van der Waals surface area contributed by atoms with Gasteiger partial charge in [-0.05, 0) is 41.7 Å². The molecule has 1 aliphatic heterocycles. The Balaban J connectivity index is 1.79. The van der Waals surface area contributed by atoms with Crippen LogP contribution in [0.2, 0.25) is 0 Å². The minimum absolute atomic E-state index is 0.0342. The summed E-state index contributed by atoms with van der Waals surface area (Å²) in [5, 5.41) is 3.18. The second-order valence-corrected chi connectivity index (χ2v) is 10.6. The van der Waals surface area contributed by atoms with Crippen LogP contribution in [-0.4, -0.2) is 46.9 Å². The average molecular weight is 428 g/mol. The second kappa shape index (κ2) is 9.62. The molecule has 3 rings (SSSR count). The van der Waals surface area contributed by atoms with Gasteiger partial charge in [-0.25, -0.2) is 4.79 Å². The lowest BCUT2D eigenvalue weighted by molar-refractivity contribution is -0.116. The lowest BCUT2D eigenvalue weighted by Gasteiger charge is -2.40. The molecule has 1 N–H and O–H groups in total. The third kappa shape index (κ3) is 5.07. The highest BCUT2D eigenvalue weighted by molar-refractivity contribution is 5.96. The number of para-hydroxylation sites is 1. The van der Waals surface area contributed by atoms with Crippen LogP contribution in [0.4, 0.5) is 10.5 Å². The fraction of sp³-hybridized carbons (Fsp3) is 0.692. The number of amides is 3. The summed E-state index contributed by atoms with van der Waals surface area (Å²) >= 11 is 0. The third-order valence-corrected chi connectivity index (χ3v) is 6.86. The number of rotatable bonds is 7. The van der Waals surface area contributed by atoms with Gasteiger partial charge in [0.2, 0.25) is 5.91 Å². The minimum Gasteiger partial charge on any atom is -0.324 e. The second-order valence-electron chi connectivity index (χ2n) is 10.6. The van der Waals surface area contributed by atoms with Gasteiger partial charge in [-0.15, -0.1) is 0 Å². The molecule has 2 aliphatic rings. The molecule has 3 amide bonds. The first-order valence-electron chi connectivity index (χ1n) is 12.1. The van der Waals surface area contributed by atoms with Gasteiger partial charge in [0.1, 0.15) is 6.54 Å². The van der Waals surface area contributed by atoms with Gasteiger partial charge in [0.15, 0.2) is 0 Å². The maximum atomic E-state index is 13.3. The van der Waals surface area contributed by atoms with E-state index in [0.717, 1.165) is 36.2 Å². The van der Waals surface area contributed by atoms with Crippen LogP contribution >= 0.6 is 0 Å². The summed E-state index contributed by atoms with van der Waals surface area (Å²) in [5.74, 6) is 0.952. The Morgan fingerprint density at radius 3 is 2.10 bits per heavy atom. The van der Waals surface area contributed by atoms with Crippen LogP contribution in [0.5, 0.6) is 0 Å². The molecule has 1 heterocycles. The number of nitrogens with one attached hydrogen (secondary N) is 1. The predicted octanol–water partition coefficient (Wildman–Crippen LogP) is 5.97. The number of anilines is 1. The zero-order valence-electron chi connectivity index (χ0n) is 20.3. The first kappa shape index (κ1) is 23.6. The summed E-state index contributed by atoms with van der Waals surface area (Å²) < 4.78 is 0. The summed E-state index contributed by atoms with van der Waals surface area (Å²) in [6.45, 7) is 14.5. The zero-order valence-corrected chi connectivity index (χ0v) is 20.3. The van der Waals surface area contributed by atoms with Gasteiger partial charge < -0.3 is 15.1 Å². The molecule has 31 heavy (non-hydrogen) atoms. The largest absolute Gasteiger partial charge is 0.324 e. The molecule has 1 aromatic rings. The smallest absolute Gasteiger partial charge is 0.321 e. The van der Waals surface area contributed by atoms with E-state index in [1.165, 1.54) is 19.3 Å². The van der Waals surface area contributed by atoms with Crippen molar-refractivity contribution in [2.24, 2.45) is 5.92 Å². The van der Waals surface area contributed by atoms with Gasteiger partial charge in [0.25, 0.3) is 0 Å². The normalized spacial score (nSPS) is 18.7. The molecular weight excluding hydrogens is 386 g/mol. The SMILES string of the molecule is CC(C)CN1C(=O)N(CC(=O)Nc2c(C(C)C)cccc2C(C)C)CC12CCCCC2. The van der Waals surface area contributed by atoms with Crippen LogP contribution in [0, 0.1) is 5.92 Å². The van der Waals surface area contributed by atoms with Gasteiger partial charge in [0, 0.05) is 18.8 Å². The lowest BCUT2D eigenvalue weighted by Crippen LogP contribution is -2.49. The third-order valence-electron chi connectivity index (χ3n) is 6.86. The number of carbonyl (C=O) groups is 2. The Morgan fingerprint density at radius 2 is 1.58 bits per heavy atom. The van der Waals surface area contributed by atoms with Crippen molar-refractivity contribution in [3.05, 3.63) is 29.3 Å². The molecule has 5 heteroatoms. The van der Waals surface area contributed by atoms with Crippen molar-refractivity contribution >= 4 is 17.6 Å². The number of nitrogens with zero attached hydrogens (tertiary/aromatic N) is 2. The Kier molecular flexibility index (Phi) is 7.33.